The number of hydrogen-bond donors (Lipinski definition) is 2. The molecular formula is C11H11Cl2N3. The molecule has 0 saturated heterocycles. The largest absolute Gasteiger partial charge is 0.347 e. The number of nitrogens with one attached hydrogen (secondary N) is 2. The molecule has 2 rings (SSSR count). The minimum absolute atomic E-state index is 0.658. The first-order valence-corrected chi connectivity index (χ1v) is 5.62. The Balaban J connectivity index is 1.89. The molecule has 0 radical (unpaired) electrons. The molecular weight excluding hydrogens is 245 g/mol. The highest BCUT2D eigenvalue weighted by molar-refractivity contribution is 6.34. The van der Waals surface area contributed by atoms with Crippen molar-refractivity contribution in [3.8, 4) is 0 Å². The summed E-state index contributed by atoms with van der Waals surface area (Å²) in [7, 11) is 0. The topological polar surface area (TPSA) is 40.7 Å². The molecule has 1 aromatic carbocycles. The second-order valence-electron chi connectivity index (χ2n) is 3.46. The molecule has 1 heterocycles. The van der Waals surface area contributed by atoms with E-state index in [4.69, 9.17) is 23.2 Å². The van der Waals surface area contributed by atoms with Crippen LogP contribution in [0.15, 0.2) is 30.7 Å². The van der Waals surface area contributed by atoms with E-state index in [0.29, 0.717) is 10.0 Å². The van der Waals surface area contributed by atoms with Crippen molar-refractivity contribution in [2.24, 2.45) is 0 Å². The fourth-order valence-corrected chi connectivity index (χ4v) is 2.01. The predicted molar refractivity (Wildman–Crippen MR) is 65.6 cm³/mol. The van der Waals surface area contributed by atoms with Crippen LogP contribution in [0.4, 0.5) is 0 Å². The summed E-state index contributed by atoms with van der Waals surface area (Å²) in [6, 6.07) is 5.52. The SMILES string of the molecule is Clc1cc(Cl)cc(CNCc2cnc[nH]2)c1. The zero-order chi connectivity index (χ0) is 11.4. The van der Waals surface area contributed by atoms with Crippen LogP contribution in [-0.2, 0) is 13.1 Å². The standard InChI is InChI=1S/C11H11Cl2N3/c12-9-1-8(2-10(13)3-9)4-14-5-11-6-15-7-16-11/h1-3,6-7,14H,4-5H2,(H,15,16). The lowest BCUT2D eigenvalue weighted by atomic mass is 10.2. The van der Waals surface area contributed by atoms with Crippen molar-refractivity contribution in [2.75, 3.05) is 0 Å². The van der Waals surface area contributed by atoms with E-state index in [-0.39, 0.29) is 0 Å². The van der Waals surface area contributed by atoms with E-state index in [1.165, 1.54) is 0 Å². The summed E-state index contributed by atoms with van der Waals surface area (Å²) < 4.78 is 0. The first kappa shape index (κ1) is 11.5. The van der Waals surface area contributed by atoms with E-state index in [1.807, 2.05) is 12.1 Å². The summed E-state index contributed by atoms with van der Waals surface area (Å²) in [4.78, 5) is 6.96. The van der Waals surface area contributed by atoms with Crippen molar-refractivity contribution in [2.45, 2.75) is 13.1 Å². The third kappa shape index (κ3) is 3.23. The number of imidazole rings is 1. The first-order chi connectivity index (χ1) is 7.74. The van der Waals surface area contributed by atoms with Gasteiger partial charge in [-0.15, -0.1) is 0 Å². The summed E-state index contributed by atoms with van der Waals surface area (Å²) in [5.74, 6) is 0. The van der Waals surface area contributed by atoms with Gasteiger partial charge in [-0.2, -0.15) is 0 Å². The second kappa shape index (κ2) is 5.34. The van der Waals surface area contributed by atoms with Crippen LogP contribution in [0.1, 0.15) is 11.3 Å². The highest BCUT2D eigenvalue weighted by Gasteiger charge is 1.98. The zero-order valence-corrected chi connectivity index (χ0v) is 10.0. The molecule has 0 amide bonds. The normalized spacial score (nSPS) is 10.6. The highest BCUT2D eigenvalue weighted by Crippen LogP contribution is 2.18. The van der Waals surface area contributed by atoms with Gasteiger partial charge in [0, 0.05) is 35.0 Å². The van der Waals surface area contributed by atoms with E-state index in [0.717, 1.165) is 24.3 Å². The lowest BCUT2D eigenvalue weighted by Gasteiger charge is -2.04. The van der Waals surface area contributed by atoms with Crippen LogP contribution >= 0.6 is 23.2 Å². The molecule has 5 heteroatoms. The van der Waals surface area contributed by atoms with Gasteiger partial charge in [0.1, 0.15) is 0 Å². The maximum absolute atomic E-state index is 5.90. The van der Waals surface area contributed by atoms with Gasteiger partial charge in [0.25, 0.3) is 0 Å². The number of H-pyrrole nitrogens is 1. The Morgan fingerprint density at radius 2 is 1.88 bits per heavy atom. The molecule has 0 atom stereocenters. The second-order valence-corrected chi connectivity index (χ2v) is 4.33. The smallest absolute Gasteiger partial charge is 0.0922 e. The molecule has 1 aromatic heterocycles. The van der Waals surface area contributed by atoms with Gasteiger partial charge in [-0.1, -0.05) is 23.2 Å². The van der Waals surface area contributed by atoms with Crippen molar-refractivity contribution in [1.29, 1.82) is 0 Å². The molecule has 16 heavy (non-hydrogen) atoms. The molecule has 2 aromatic rings. The Labute approximate surface area is 104 Å². The van der Waals surface area contributed by atoms with Crippen molar-refractivity contribution < 1.29 is 0 Å². The summed E-state index contributed by atoms with van der Waals surface area (Å²) in [6.45, 7) is 1.46. The minimum Gasteiger partial charge on any atom is -0.347 e. The maximum atomic E-state index is 5.90. The van der Waals surface area contributed by atoms with Gasteiger partial charge in [0.2, 0.25) is 0 Å². The number of aromatic amines is 1. The molecule has 2 N–H and O–H groups in total. The average molecular weight is 256 g/mol. The van der Waals surface area contributed by atoms with Gasteiger partial charge in [-0.3, -0.25) is 0 Å². The van der Waals surface area contributed by atoms with E-state index in [2.05, 4.69) is 15.3 Å². The number of hydrogen-bond acceptors (Lipinski definition) is 2. The average Bonchev–Trinajstić information content (AvgIpc) is 2.69. The first-order valence-electron chi connectivity index (χ1n) is 4.87. The minimum atomic E-state index is 0.658. The Hall–Kier alpha value is -1.03. The van der Waals surface area contributed by atoms with Crippen LogP contribution in [0.2, 0.25) is 10.0 Å². The Morgan fingerprint density at radius 1 is 1.12 bits per heavy atom. The van der Waals surface area contributed by atoms with Crippen molar-refractivity contribution in [3.05, 3.63) is 52.0 Å². The highest BCUT2D eigenvalue weighted by atomic mass is 35.5. The predicted octanol–water partition coefficient (Wildman–Crippen LogP) is 3.01. The van der Waals surface area contributed by atoms with E-state index >= 15 is 0 Å². The van der Waals surface area contributed by atoms with Gasteiger partial charge in [0.05, 0.1) is 6.33 Å². The summed E-state index contributed by atoms with van der Waals surface area (Å²) in [5, 5.41) is 4.59. The third-order valence-corrected chi connectivity index (χ3v) is 2.56. The summed E-state index contributed by atoms with van der Waals surface area (Å²) in [6.07, 6.45) is 3.45. The van der Waals surface area contributed by atoms with Crippen LogP contribution in [0.3, 0.4) is 0 Å². The Kier molecular flexibility index (Phi) is 3.83. The molecule has 3 nitrogen and oxygen atoms in total. The van der Waals surface area contributed by atoms with Gasteiger partial charge in [-0.05, 0) is 23.8 Å². The van der Waals surface area contributed by atoms with Gasteiger partial charge >= 0.3 is 0 Å². The van der Waals surface area contributed by atoms with E-state index in [1.54, 1.807) is 18.6 Å². The van der Waals surface area contributed by atoms with Gasteiger partial charge in [-0.25, -0.2) is 4.98 Å². The lowest BCUT2D eigenvalue weighted by Crippen LogP contribution is -2.12. The molecule has 0 bridgehead atoms. The Bertz CT molecular complexity index is 434. The number of aromatic nitrogens is 2. The Morgan fingerprint density at radius 3 is 2.50 bits per heavy atom. The molecule has 0 aliphatic carbocycles. The number of benzene rings is 1. The van der Waals surface area contributed by atoms with Crippen LogP contribution in [0.5, 0.6) is 0 Å². The quantitative estimate of drug-likeness (QED) is 0.882. The van der Waals surface area contributed by atoms with Crippen LogP contribution < -0.4 is 5.32 Å². The molecule has 0 aliphatic rings. The zero-order valence-electron chi connectivity index (χ0n) is 8.50. The third-order valence-electron chi connectivity index (χ3n) is 2.12. The number of nitrogens with zero attached hydrogens (tertiary/aromatic N) is 1. The molecule has 0 saturated carbocycles. The summed E-state index contributed by atoms with van der Waals surface area (Å²) >= 11 is 11.8. The van der Waals surface area contributed by atoms with E-state index < -0.39 is 0 Å². The van der Waals surface area contributed by atoms with Crippen molar-refractivity contribution in [1.82, 2.24) is 15.3 Å². The molecule has 0 spiro atoms. The van der Waals surface area contributed by atoms with Crippen LogP contribution in [-0.4, -0.2) is 9.97 Å². The van der Waals surface area contributed by atoms with Crippen molar-refractivity contribution in [3.63, 3.8) is 0 Å². The molecule has 84 valence electrons. The lowest BCUT2D eigenvalue weighted by molar-refractivity contribution is 0.682. The maximum Gasteiger partial charge on any atom is 0.0922 e. The molecule has 0 unspecified atom stereocenters. The number of rotatable bonds is 4. The molecule has 0 aliphatic heterocycles. The van der Waals surface area contributed by atoms with Crippen LogP contribution in [0.25, 0.3) is 0 Å². The fraction of sp³-hybridized carbons (Fsp3) is 0.182. The van der Waals surface area contributed by atoms with Crippen molar-refractivity contribution >= 4 is 23.2 Å². The monoisotopic (exact) mass is 255 g/mol. The van der Waals surface area contributed by atoms with Gasteiger partial charge in [0.15, 0.2) is 0 Å². The fourth-order valence-electron chi connectivity index (χ4n) is 1.44. The van der Waals surface area contributed by atoms with Crippen LogP contribution in [0, 0.1) is 0 Å². The number of halogens is 2. The van der Waals surface area contributed by atoms with Gasteiger partial charge < -0.3 is 10.3 Å². The van der Waals surface area contributed by atoms with E-state index in [9.17, 15) is 0 Å². The summed E-state index contributed by atoms with van der Waals surface area (Å²) in [5.41, 5.74) is 2.12. The molecule has 0 fully saturated rings.